The van der Waals surface area contributed by atoms with Gasteiger partial charge in [-0.2, -0.15) is 0 Å². The van der Waals surface area contributed by atoms with E-state index in [0.29, 0.717) is 5.57 Å². The van der Waals surface area contributed by atoms with Gasteiger partial charge in [-0.15, -0.1) is 0 Å². The minimum atomic E-state index is -0.644. The first kappa shape index (κ1) is 9.91. The molecule has 1 spiro atoms. The predicted molar refractivity (Wildman–Crippen MR) is 55.1 cm³/mol. The lowest BCUT2D eigenvalue weighted by Gasteiger charge is -2.34. The minimum Gasteiger partial charge on any atom is -0.356 e. The van der Waals surface area contributed by atoms with Crippen molar-refractivity contribution in [2.75, 3.05) is 0 Å². The summed E-state index contributed by atoms with van der Waals surface area (Å²) in [5, 5.41) is 0. The van der Waals surface area contributed by atoms with Crippen LogP contribution < -0.4 is 0 Å². The fraction of sp³-hybridized carbons (Fsp3) is 0.750. The van der Waals surface area contributed by atoms with Crippen molar-refractivity contribution in [3.05, 3.63) is 12.2 Å². The molecule has 0 radical (unpaired) electrons. The van der Waals surface area contributed by atoms with Crippen LogP contribution in [0.4, 0.5) is 0 Å². The quantitative estimate of drug-likeness (QED) is 0.554. The van der Waals surface area contributed by atoms with Crippen LogP contribution in [0, 0.1) is 0 Å². The lowest BCUT2D eigenvalue weighted by atomic mass is 9.79. The number of ketones is 1. The lowest BCUT2D eigenvalue weighted by Crippen LogP contribution is -2.35. The summed E-state index contributed by atoms with van der Waals surface area (Å²) in [5.41, 5.74) is -0.241. The average molecular weight is 194 g/mol. The van der Waals surface area contributed by atoms with Gasteiger partial charge >= 0.3 is 0 Å². The summed E-state index contributed by atoms with van der Waals surface area (Å²) in [6.45, 7) is 7.64. The Bertz CT molecular complexity index is 283. The number of rotatable bonds is 0. The third kappa shape index (κ3) is 1.24. The van der Waals surface area contributed by atoms with Gasteiger partial charge in [-0.1, -0.05) is 25.8 Å². The molecular weight excluding hydrogens is 176 g/mol. The molecule has 0 unspecified atom stereocenters. The van der Waals surface area contributed by atoms with Crippen molar-refractivity contribution in [3.8, 4) is 0 Å². The van der Waals surface area contributed by atoms with E-state index in [1.807, 2.05) is 13.8 Å². The second-order valence-corrected chi connectivity index (χ2v) is 4.98. The molecule has 0 amide bonds. The highest BCUT2D eigenvalue weighted by Gasteiger charge is 2.53. The van der Waals surface area contributed by atoms with Gasteiger partial charge in [-0.3, -0.25) is 4.79 Å². The number of carbonyl (C=O) groups is 1. The summed E-state index contributed by atoms with van der Waals surface area (Å²) in [7, 11) is 0. The molecule has 14 heavy (non-hydrogen) atoms. The zero-order valence-corrected chi connectivity index (χ0v) is 9.06. The fourth-order valence-corrected chi connectivity index (χ4v) is 2.69. The molecule has 1 saturated carbocycles. The molecule has 1 heterocycles. The largest absolute Gasteiger partial charge is 0.356 e. The van der Waals surface area contributed by atoms with Gasteiger partial charge in [0.2, 0.25) is 0 Å². The van der Waals surface area contributed by atoms with E-state index in [1.165, 1.54) is 6.42 Å². The van der Waals surface area contributed by atoms with E-state index in [1.54, 1.807) is 0 Å². The summed E-state index contributed by atoms with van der Waals surface area (Å²) < 4.78 is 5.95. The van der Waals surface area contributed by atoms with Gasteiger partial charge in [0, 0.05) is 5.57 Å². The Labute approximate surface area is 85.3 Å². The standard InChI is InChI=1S/C12H18O2/c1-9-10(13)11(2,3)14-12(9)7-5-4-6-8-12/h1,4-8H2,2-3H3. The Hall–Kier alpha value is -0.630. The molecule has 78 valence electrons. The molecule has 0 aromatic carbocycles. The first-order valence-corrected chi connectivity index (χ1v) is 5.42. The predicted octanol–water partition coefficient (Wildman–Crippen LogP) is 2.62. The highest BCUT2D eigenvalue weighted by molar-refractivity contribution is 6.04. The maximum Gasteiger partial charge on any atom is 0.192 e. The number of carbonyl (C=O) groups excluding carboxylic acids is 1. The molecule has 2 heteroatoms. The number of ether oxygens (including phenoxy) is 1. The molecule has 0 aromatic rings. The first-order valence-electron chi connectivity index (χ1n) is 5.42. The monoisotopic (exact) mass is 194 g/mol. The molecule has 0 bridgehead atoms. The number of hydrogen-bond donors (Lipinski definition) is 0. The van der Waals surface area contributed by atoms with Gasteiger partial charge in [0.15, 0.2) is 5.78 Å². The third-order valence-corrected chi connectivity index (χ3v) is 3.48. The average Bonchev–Trinajstić information content (AvgIpc) is 2.29. The van der Waals surface area contributed by atoms with E-state index in [4.69, 9.17) is 4.74 Å². The van der Waals surface area contributed by atoms with Crippen LogP contribution in [0.2, 0.25) is 0 Å². The van der Waals surface area contributed by atoms with Crippen molar-refractivity contribution < 1.29 is 9.53 Å². The maximum atomic E-state index is 11.9. The van der Waals surface area contributed by atoms with Gasteiger partial charge < -0.3 is 4.74 Å². The number of Topliss-reactive ketones (excluding diaryl/α,β-unsaturated/α-hetero) is 1. The van der Waals surface area contributed by atoms with Gasteiger partial charge in [0.1, 0.15) is 5.60 Å². The molecule has 2 fully saturated rings. The molecule has 1 aliphatic heterocycles. The van der Waals surface area contributed by atoms with Crippen molar-refractivity contribution in [2.45, 2.75) is 57.2 Å². The SMILES string of the molecule is C=C1C(=O)C(C)(C)OC12CCCCC2. The summed E-state index contributed by atoms with van der Waals surface area (Å²) in [6, 6.07) is 0. The molecule has 2 aliphatic rings. The summed E-state index contributed by atoms with van der Waals surface area (Å²) in [5.74, 6) is 0.0967. The molecule has 0 N–H and O–H groups in total. The van der Waals surface area contributed by atoms with Crippen molar-refractivity contribution in [1.82, 2.24) is 0 Å². The Morgan fingerprint density at radius 2 is 1.79 bits per heavy atom. The molecule has 1 saturated heterocycles. The highest BCUT2D eigenvalue weighted by Crippen LogP contribution is 2.46. The van der Waals surface area contributed by atoms with Gasteiger partial charge in [-0.25, -0.2) is 0 Å². The molecule has 2 nitrogen and oxygen atoms in total. The van der Waals surface area contributed by atoms with Crippen molar-refractivity contribution >= 4 is 5.78 Å². The molecule has 0 atom stereocenters. The molecule has 2 rings (SSSR count). The first-order chi connectivity index (χ1) is 6.48. The lowest BCUT2D eigenvalue weighted by molar-refractivity contribution is -0.136. The maximum absolute atomic E-state index is 11.9. The zero-order valence-electron chi connectivity index (χ0n) is 9.06. The van der Waals surface area contributed by atoms with Gasteiger partial charge in [0.25, 0.3) is 0 Å². The Balaban J connectivity index is 2.30. The van der Waals surface area contributed by atoms with Crippen LogP contribution in [-0.4, -0.2) is 17.0 Å². The number of hydrogen-bond acceptors (Lipinski definition) is 2. The summed E-state index contributed by atoms with van der Waals surface area (Å²) in [4.78, 5) is 11.9. The smallest absolute Gasteiger partial charge is 0.192 e. The molecule has 0 aromatic heterocycles. The summed E-state index contributed by atoms with van der Waals surface area (Å²) in [6.07, 6.45) is 5.51. The van der Waals surface area contributed by atoms with Crippen LogP contribution in [0.25, 0.3) is 0 Å². The highest BCUT2D eigenvalue weighted by atomic mass is 16.5. The molecule has 1 aliphatic carbocycles. The van der Waals surface area contributed by atoms with Crippen LogP contribution in [-0.2, 0) is 9.53 Å². The Morgan fingerprint density at radius 3 is 2.21 bits per heavy atom. The van der Waals surface area contributed by atoms with Crippen LogP contribution in [0.15, 0.2) is 12.2 Å². The minimum absolute atomic E-state index is 0.0967. The van der Waals surface area contributed by atoms with Crippen LogP contribution in [0.1, 0.15) is 46.0 Å². The Kier molecular flexibility index (Phi) is 2.07. The van der Waals surface area contributed by atoms with Crippen molar-refractivity contribution in [1.29, 1.82) is 0 Å². The van der Waals surface area contributed by atoms with Crippen LogP contribution in [0.5, 0.6) is 0 Å². The molecular formula is C12H18O2. The van der Waals surface area contributed by atoms with E-state index >= 15 is 0 Å². The normalized spacial score (nSPS) is 29.9. The van der Waals surface area contributed by atoms with Crippen molar-refractivity contribution in [3.63, 3.8) is 0 Å². The van der Waals surface area contributed by atoms with E-state index in [-0.39, 0.29) is 11.4 Å². The van der Waals surface area contributed by atoms with E-state index in [2.05, 4.69) is 6.58 Å². The topological polar surface area (TPSA) is 26.3 Å². The van der Waals surface area contributed by atoms with Crippen LogP contribution in [0.3, 0.4) is 0 Å². The summed E-state index contributed by atoms with van der Waals surface area (Å²) >= 11 is 0. The van der Waals surface area contributed by atoms with E-state index in [0.717, 1.165) is 25.7 Å². The fourth-order valence-electron chi connectivity index (χ4n) is 2.69. The van der Waals surface area contributed by atoms with Crippen molar-refractivity contribution in [2.24, 2.45) is 0 Å². The second-order valence-electron chi connectivity index (χ2n) is 4.98. The van der Waals surface area contributed by atoms with Crippen LogP contribution >= 0.6 is 0 Å². The second kappa shape index (κ2) is 2.93. The third-order valence-electron chi connectivity index (χ3n) is 3.48. The van der Waals surface area contributed by atoms with E-state index in [9.17, 15) is 4.79 Å². The van der Waals surface area contributed by atoms with Gasteiger partial charge in [-0.05, 0) is 26.7 Å². The van der Waals surface area contributed by atoms with Gasteiger partial charge in [0.05, 0.1) is 5.60 Å². The Morgan fingerprint density at radius 1 is 1.21 bits per heavy atom. The zero-order chi connectivity index (χ0) is 10.4. The van der Waals surface area contributed by atoms with E-state index < -0.39 is 5.60 Å².